The van der Waals surface area contributed by atoms with Gasteiger partial charge >= 0.3 is 69.9 Å². The van der Waals surface area contributed by atoms with Gasteiger partial charge in [0.2, 0.25) is 0 Å². The Morgan fingerprint density at radius 1 is 1.40 bits per heavy atom. The Hall–Kier alpha value is 0.120. The molecule has 5 heteroatoms. The van der Waals surface area contributed by atoms with Crippen molar-refractivity contribution in [1.29, 1.82) is 0 Å². The first-order valence-corrected chi connectivity index (χ1v) is 6.75. The van der Waals surface area contributed by atoms with Gasteiger partial charge in [0, 0.05) is 0 Å². The second-order valence-corrected chi connectivity index (χ2v) is 7.21. The van der Waals surface area contributed by atoms with Gasteiger partial charge < -0.3 is 0 Å². The van der Waals surface area contributed by atoms with Crippen molar-refractivity contribution in [3.63, 3.8) is 0 Å². The molecule has 10 heavy (non-hydrogen) atoms. The van der Waals surface area contributed by atoms with Crippen LogP contribution in [0.5, 0.6) is 0 Å². The van der Waals surface area contributed by atoms with Crippen LogP contribution in [0.1, 0.15) is 0 Å². The molecule has 58 valence electrons. The summed E-state index contributed by atoms with van der Waals surface area (Å²) in [5, 5.41) is 0. The molecule has 0 aromatic rings. The second-order valence-electron chi connectivity index (χ2n) is 1.73. The average Bonchev–Trinajstić information content (AvgIpc) is 1.88. The molecular formula is C5H7IO3S. The fraction of sp³-hybridized carbons (Fsp3) is 0.200. The van der Waals surface area contributed by atoms with Crippen LogP contribution in [0.4, 0.5) is 0 Å². The van der Waals surface area contributed by atoms with Gasteiger partial charge in [-0.25, -0.2) is 0 Å². The molecule has 0 bridgehead atoms. The molecule has 0 spiro atoms. The van der Waals surface area contributed by atoms with Crippen molar-refractivity contribution in [2.45, 2.75) is 3.26 Å². The predicted octanol–water partition coefficient (Wildman–Crippen LogP) is 0.987. The van der Waals surface area contributed by atoms with Crippen molar-refractivity contribution in [2.24, 2.45) is 0 Å². The summed E-state index contributed by atoms with van der Waals surface area (Å²) >= 11 is -0.713. The molecule has 1 unspecified atom stereocenters. The quantitative estimate of drug-likeness (QED) is 0.440. The number of allylic oxidation sites excluding steroid dienone is 2. The monoisotopic (exact) mass is 274 g/mol. The summed E-state index contributed by atoms with van der Waals surface area (Å²) in [4.78, 5) is 0. The van der Waals surface area contributed by atoms with E-state index in [2.05, 4.69) is 0 Å². The topological polar surface area (TPSA) is 54.4 Å². The molecule has 1 aliphatic rings. The van der Waals surface area contributed by atoms with Gasteiger partial charge in [-0.1, -0.05) is 0 Å². The fourth-order valence-corrected chi connectivity index (χ4v) is 4.08. The average molecular weight is 274 g/mol. The van der Waals surface area contributed by atoms with Gasteiger partial charge in [-0.15, -0.1) is 0 Å². The summed E-state index contributed by atoms with van der Waals surface area (Å²) in [6.45, 7) is 0. The molecule has 1 rings (SSSR count). The van der Waals surface area contributed by atoms with E-state index >= 15 is 0 Å². The van der Waals surface area contributed by atoms with E-state index in [1.807, 2.05) is 10.2 Å². The maximum atomic E-state index is 10.5. The van der Waals surface area contributed by atoms with Gasteiger partial charge in [-0.05, 0) is 0 Å². The number of rotatable bonds is 1. The van der Waals surface area contributed by atoms with E-state index in [-0.39, 0.29) is 0 Å². The van der Waals surface area contributed by atoms with Crippen molar-refractivity contribution in [3.8, 4) is 0 Å². The van der Waals surface area contributed by atoms with Crippen molar-refractivity contribution in [1.82, 2.24) is 0 Å². The fourth-order valence-electron chi connectivity index (χ4n) is 0.538. The van der Waals surface area contributed by atoms with Crippen LogP contribution in [0, 0.1) is 0 Å². The van der Waals surface area contributed by atoms with Crippen LogP contribution in [0.3, 0.4) is 0 Å². The summed E-state index contributed by atoms with van der Waals surface area (Å²) in [5.41, 5.74) is 0. The first kappa shape index (κ1) is 8.22. The third kappa shape index (κ3) is 2.06. The van der Waals surface area contributed by atoms with E-state index in [1.165, 1.54) is 6.08 Å². The van der Waals surface area contributed by atoms with E-state index in [1.54, 1.807) is 6.08 Å². The number of halogens is 1. The van der Waals surface area contributed by atoms with E-state index in [9.17, 15) is 8.42 Å². The zero-order chi connectivity index (χ0) is 7.61. The SMILES string of the molecule is O=S(=O)(O)C1C=CC=C[IH]1. The zero-order valence-corrected chi connectivity index (χ0v) is 8.11. The van der Waals surface area contributed by atoms with Crippen LogP contribution in [0.25, 0.3) is 0 Å². The first-order chi connectivity index (χ1) is 4.61. The van der Waals surface area contributed by atoms with Crippen molar-refractivity contribution in [2.75, 3.05) is 0 Å². The minimum atomic E-state index is -3.81. The summed E-state index contributed by atoms with van der Waals surface area (Å²) < 4.78 is 30.8. The molecule has 0 saturated heterocycles. The van der Waals surface area contributed by atoms with Crippen LogP contribution >= 0.6 is 21.2 Å². The summed E-state index contributed by atoms with van der Waals surface area (Å²) in [6, 6.07) is 0. The molecule has 0 aliphatic carbocycles. The van der Waals surface area contributed by atoms with Crippen LogP contribution in [-0.4, -0.2) is 16.2 Å². The van der Waals surface area contributed by atoms with Gasteiger partial charge in [-0.3, -0.25) is 0 Å². The second kappa shape index (κ2) is 3.02. The molecular weight excluding hydrogens is 267 g/mol. The normalized spacial score (nSPS) is 25.9. The van der Waals surface area contributed by atoms with Gasteiger partial charge in [0.05, 0.1) is 0 Å². The van der Waals surface area contributed by atoms with Crippen molar-refractivity contribution >= 4 is 31.3 Å². The van der Waals surface area contributed by atoms with E-state index in [0.717, 1.165) is 0 Å². The van der Waals surface area contributed by atoms with Gasteiger partial charge in [0.25, 0.3) is 0 Å². The molecule has 0 saturated carbocycles. The Labute approximate surface area is 69.8 Å². The number of alkyl halides is 1. The summed E-state index contributed by atoms with van der Waals surface area (Å²) in [5.74, 6) is 0. The van der Waals surface area contributed by atoms with E-state index < -0.39 is 34.6 Å². The Morgan fingerprint density at radius 3 is 2.40 bits per heavy atom. The Kier molecular flexibility index (Phi) is 2.48. The number of hydrogen-bond acceptors (Lipinski definition) is 2. The molecule has 0 aromatic carbocycles. The van der Waals surface area contributed by atoms with Gasteiger partial charge in [0.1, 0.15) is 0 Å². The van der Waals surface area contributed by atoms with Gasteiger partial charge in [-0.2, -0.15) is 0 Å². The summed E-state index contributed by atoms with van der Waals surface area (Å²) in [7, 11) is -3.81. The van der Waals surface area contributed by atoms with Gasteiger partial charge in [0.15, 0.2) is 0 Å². The Morgan fingerprint density at radius 2 is 2.10 bits per heavy atom. The van der Waals surface area contributed by atoms with Crippen LogP contribution in [-0.2, 0) is 10.1 Å². The summed E-state index contributed by atoms with van der Waals surface area (Å²) in [6.07, 6.45) is 4.98. The minimum absolute atomic E-state index is 0.608. The van der Waals surface area contributed by atoms with Crippen LogP contribution < -0.4 is 0 Å². The molecule has 0 amide bonds. The Balaban J connectivity index is 2.79. The Bertz CT molecular complexity index is 265. The molecule has 1 N–H and O–H groups in total. The molecule has 1 aliphatic heterocycles. The predicted molar refractivity (Wildman–Crippen MR) is 49.0 cm³/mol. The first-order valence-electron chi connectivity index (χ1n) is 2.56. The van der Waals surface area contributed by atoms with Crippen molar-refractivity contribution in [3.05, 3.63) is 22.3 Å². The molecule has 1 atom stereocenters. The molecule has 3 nitrogen and oxygen atoms in total. The zero-order valence-electron chi connectivity index (χ0n) is 4.97. The molecule has 0 fully saturated rings. The standard InChI is InChI=1S/C5H7IO3S/c7-10(8,9)5-3-1-2-4-6-5/h1-6H,(H,7,8,9). The van der Waals surface area contributed by atoms with Crippen molar-refractivity contribution < 1.29 is 13.0 Å². The van der Waals surface area contributed by atoms with E-state index in [0.29, 0.717) is 0 Å². The molecule has 0 radical (unpaired) electrons. The number of hydrogen-bond donors (Lipinski definition) is 1. The van der Waals surface area contributed by atoms with E-state index in [4.69, 9.17) is 4.55 Å². The molecule has 1 heterocycles. The third-order valence-corrected chi connectivity index (χ3v) is 6.65. The maximum absolute atomic E-state index is 10.5. The molecule has 0 aromatic heterocycles. The van der Waals surface area contributed by atoms with Crippen LogP contribution in [0.2, 0.25) is 0 Å². The third-order valence-electron chi connectivity index (χ3n) is 0.964. The van der Waals surface area contributed by atoms with Crippen LogP contribution in [0.15, 0.2) is 22.3 Å².